The molecular formula is C24H30N4O5S. The quantitative estimate of drug-likeness (QED) is 0.477. The molecule has 0 spiro atoms. The topological polar surface area (TPSA) is 107 Å². The van der Waals surface area contributed by atoms with Crippen molar-refractivity contribution in [1.29, 1.82) is 0 Å². The van der Waals surface area contributed by atoms with Crippen molar-refractivity contribution in [3.8, 4) is 22.9 Å². The molecule has 0 unspecified atom stereocenters. The van der Waals surface area contributed by atoms with Crippen molar-refractivity contribution in [1.82, 2.24) is 14.4 Å². The number of methoxy groups -OCH3 is 1. The molecule has 2 heterocycles. The first-order valence-electron chi connectivity index (χ1n) is 11.5. The normalized spacial score (nSPS) is 15.0. The molecule has 0 amide bonds. The summed E-state index contributed by atoms with van der Waals surface area (Å²) in [5, 5.41) is 7.22. The second kappa shape index (κ2) is 10.9. The lowest BCUT2D eigenvalue weighted by Gasteiger charge is -2.21. The van der Waals surface area contributed by atoms with Crippen LogP contribution in [0.4, 0.5) is 5.69 Å². The molecule has 0 aliphatic carbocycles. The lowest BCUT2D eigenvalue weighted by Crippen LogP contribution is -2.32. The average molecular weight is 487 g/mol. The molecule has 2 aromatic carbocycles. The van der Waals surface area contributed by atoms with Gasteiger partial charge in [-0.2, -0.15) is 9.29 Å². The zero-order chi connectivity index (χ0) is 24.0. The largest absolute Gasteiger partial charge is 0.495 e. The van der Waals surface area contributed by atoms with Crippen LogP contribution in [0.25, 0.3) is 11.4 Å². The van der Waals surface area contributed by atoms with E-state index in [-0.39, 0.29) is 11.4 Å². The van der Waals surface area contributed by atoms with E-state index in [9.17, 15) is 8.42 Å². The van der Waals surface area contributed by atoms with Crippen LogP contribution in [0.3, 0.4) is 0 Å². The first-order chi connectivity index (χ1) is 16.5. The van der Waals surface area contributed by atoms with Crippen molar-refractivity contribution in [3.05, 3.63) is 48.4 Å². The predicted molar refractivity (Wildman–Crippen MR) is 128 cm³/mol. The van der Waals surface area contributed by atoms with Crippen LogP contribution in [0.5, 0.6) is 11.5 Å². The van der Waals surface area contributed by atoms with Crippen molar-refractivity contribution >= 4 is 15.7 Å². The third-order valence-corrected chi connectivity index (χ3v) is 7.59. The Balaban J connectivity index is 1.48. The molecule has 3 aromatic rings. The van der Waals surface area contributed by atoms with E-state index in [2.05, 4.69) is 15.5 Å². The van der Waals surface area contributed by atoms with Gasteiger partial charge in [0.05, 0.1) is 30.8 Å². The number of nitrogens with zero attached hydrogens (tertiary/aromatic N) is 3. The fourth-order valence-electron chi connectivity index (χ4n) is 3.90. The second-order valence-electron chi connectivity index (χ2n) is 8.00. The minimum Gasteiger partial charge on any atom is -0.495 e. The highest BCUT2D eigenvalue weighted by molar-refractivity contribution is 7.89. The molecule has 0 saturated carbocycles. The van der Waals surface area contributed by atoms with Crippen LogP contribution in [-0.2, 0) is 16.6 Å². The summed E-state index contributed by atoms with van der Waals surface area (Å²) in [6.07, 6.45) is 3.89. The monoisotopic (exact) mass is 486 g/mol. The number of sulfonamides is 1. The Labute approximate surface area is 200 Å². The number of anilines is 1. The molecule has 1 aliphatic heterocycles. The molecule has 0 bridgehead atoms. The Kier molecular flexibility index (Phi) is 7.69. The highest BCUT2D eigenvalue weighted by atomic mass is 32.2. The zero-order valence-electron chi connectivity index (χ0n) is 19.5. The molecule has 1 saturated heterocycles. The van der Waals surface area contributed by atoms with Gasteiger partial charge in [-0.05, 0) is 62.2 Å². The predicted octanol–water partition coefficient (Wildman–Crippen LogP) is 4.32. The van der Waals surface area contributed by atoms with Crippen LogP contribution in [-0.4, -0.2) is 49.7 Å². The van der Waals surface area contributed by atoms with Gasteiger partial charge in [0.2, 0.25) is 21.7 Å². The third-order valence-electron chi connectivity index (χ3n) is 5.70. The summed E-state index contributed by atoms with van der Waals surface area (Å²) in [4.78, 5) is 4.67. The second-order valence-corrected chi connectivity index (χ2v) is 9.94. The van der Waals surface area contributed by atoms with Gasteiger partial charge < -0.3 is 19.3 Å². The van der Waals surface area contributed by atoms with Gasteiger partial charge >= 0.3 is 0 Å². The van der Waals surface area contributed by atoms with Gasteiger partial charge in [0.1, 0.15) is 11.5 Å². The minimum atomic E-state index is -3.58. The lowest BCUT2D eigenvalue weighted by atomic mass is 10.2. The van der Waals surface area contributed by atoms with Crippen LogP contribution >= 0.6 is 0 Å². The highest BCUT2D eigenvalue weighted by Crippen LogP contribution is 2.30. The van der Waals surface area contributed by atoms with Gasteiger partial charge in [-0.25, -0.2) is 8.42 Å². The van der Waals surface area contributed by atoms with Gasteiger partial charge in [-0.15, -0.1) is 0 Å². The van der Waals surface area contributed by atoms with Crippen LogP contribution in [0.2, 0.25) is 0 Å². The van der Waals surface area contributed by atoms with E-state index < -0.39 is 10.0 Å². The minimum absolute atomic E-state index is 0.216. The summed E-state index contributed by atoms with van der Waals surface area (Å²) in [5.41, 5.74) is 1.35. The number of benzene rings is 2. The summed E-state index contributed by atoms with van der Waals surface area (Å²) in [6.45, 7) is 3.84. The number of ether oxygens (including phenoxy) is 2. The maximum Gasteiger partial charge on any atom is 0.246 e. The van der Waals surface area contributed by atoms with Crippen LogP contribution < -0.4 is 14.8 Å². The fraction of sp³-hybridized carbons (Fsp3) is 0.417. The number of hydrogen-bond acceptors (Lipinski definition) is 8. The first kappa shape index (κ1) is 24.0. The summed E-state index contributed by atoms with van der Waals surface area (Å²) >= 11 is 0. The summed E-state index contributed by atoms with van der Waals surface area (Å²) < 4.78 is 44.2. The van der Waals surface area contributed by atoms with E-state index in [0.29, 0.717) is 42.8 Å². The van der Waals surface area contributed by atoms with Gasteiger partial charge in [-0.1, -0.05) is 18.0 Å². The summed E-state index contributed by atoms with van der Waals surface area (Å²) in [7, 11) is -2.04. The van der Waals surface area contributed by atoms with E-state index >= 15 is 0 Å². The third kappa shape index (κ3) is 5.51. The average Bonchev–Trinajstić information content (AvgIpc) is 3.15. The molecule has 4 rings (SSSR count). The number of nitrogens with one attached hydrogen (secondary N) is 1. The number of aromatic nitrogens is 2. The van der Waals surface area contributed by atoms with Gasteiger partial charge in [0.25, 0.3) is 0 Å². The Morgan fingerprint density at radius 1 is 1.06 bits per heavy atom. The fourth-order valence-corrected chi connectivity index (χ4v) is 5.44. The van der Waals surface area contributed by atoms with Crippen molar-refractivity contribution in [2.24, 2.45) is 0 Å². The van der Waals surface area contributed by atoms with Gasteiger partial charge in [0.15, 0.2) is 0 Å². The summed E-state index contributed by atoms with van der Waals surface area (Å²) in [5.74, 6) is 2.14. The molecule has 1 aliphatic rings. The Morgan fingerprint density at radius 3 is 2.47 bits per heavy atom. The molecular weight excluding hydrogens is 456 g/mol. The standard InChI is InChI=1S/C24H30N4O5S/c1-3-32-19-10-8-18(9-11-19)24-26-23(33-27-24)17-25-21-16-20(12-13-22(21)31-2)34(29,30)28-14-6-4-5-7-15-28/h8-13,16,25H,3-7,14-15,17H2,1-2H3. The Hall–Kier alpha value is -3.11. The number of hydrogen-bond donors (Lipinski definition) is 1. The van der Waals surface area contributed by atoms with E-state index in [0.717, 1.165) is 37.0 Å². The van der Waals surface area contributed by atoms with Crippen molar-refractivity contribution in [2.45, 2.75) is 44.0 Å². The highest BCUT2D eigenvalue weighted by Gasteiger charge is 2.26. The number of rotatable bonds is 9. The van der Waals surface area contributed by atoms with E-state index in [4.69, 9.17) is 14.0 Å². The lowest BCUT2D eigenvalue weighted by molar-refractivity contribution is 0.340. The zero-order valence-corrected chi connectivity index (χ0v) is 20.3. The Bertz CT molecular complexity index is 1190. The molecule has 34 heavy (non-hydrogen) atoms. The van der Waals surface area contributed by atoms with Crippen molar-refractivity contribution in [3.63, 3.8) is 0 Å². The SMILES string of the molecule is CCOc1ccc(-c2noc(CNc3cc(S(=O)(=O)N4CCCCCC4)ccc3OC)n2)cc1. The molecule has 9 nitrogen and oxygen atoms in total. The van der Waals surface area contributed by atoms with Crippen molar-refractivity contribution < 1.29 is 22.4 Å². The molecule has 1 N–H and O–H groups in total. The molecule has 1 fully saturated rings. The molecule has 182 valence electrons. The van der Waals surface area contributed by atoms with E-state index in [1.54, 1.807) is 29.6 Å². The first-order valence-corrected chi connectivity index (χ1v) is 12.9. The smallest absolute Gasteiger partial charge is 0.246 e. The molecule has 10 heteroatoms. The maximum absolute atomic E-state index is 13.2. The van der Waals surface area contributed by atoms with Gasteiger partial charge in [-0.3, -0.25) is 0 Å². The van der Waals surface area contributed by atoms with E-state index in [1.165, 1.54) is 0 Å². The van der Waals surface area contributed by atoms with E-state index in [1.807, 2.05) is 31.2 Å². The summed E-state index contributed by atoms with van der Waals surface area (Å²) in [6, 6.07) is 12.3. The van der Waals surface area contributed by atoms with Crippen molar-refractivity contribution in [2.75, 3.05) is 32.1 Å². The molecule has 1 aromatic heterocycles. The molecule has 0 radical (unpaired) electrons. The van der Waals surface area contributed by atoms with Crippen LogP contribution in [0.15, 0.2) is 51.9 Å². The molecule has 0 atom stereocenters. The van der Waals surface area contributed by atoms with Crippen LogP contribution in [0.1, 0.15) is 38.5 Å². The Morgan fingerprint density at radius 2 is 1.79 bits per heavy atom. The van der Waals surface area contributed by atoms with Gasteiger partial charge in [0, 0.05) is 18.7 Å². The van der Waals surface area contributed by atoms with Crippen LogP contribution in [0, 0.1) is 0 Å². The maximum atomic E-state index is 13.2.